The maximum absolute atomic E-state index is 12.4. The second-order valence-corrected chi connectivity index (χ2v) is 5.45. The van der Waals surface area contributed by atoms with Crippen LogP contribution in [0.4, 0.5) is 8.78 Å². The maximum atomic E-state index is 12.4. The molecule has 1 heterocycles. The van der Waals surface area contributed by atoms with Gasteiger partial charge in [0.25, 0.3) is 6.43 Å². The van der Waals surface area contributed by atoms with Gasteiger partial charge < -0.3 is 14.9 Å². The van der Waals surface area contributed by atoms with Gasteiger partial charge in [-0.1, -0.05) is 30.8 Å². The summed E-state index contributed by atoms with van der Waals surface area (Å²) in [5.41, 5.74) is 0.372. The van der Waals surface area contributed by atoms with E-state index in [1.165, 1.54) is 6.07 Å². The average Bonchev–Trinajstić information content (AvgIpc) is 2.86. The van der Waals surface area contributed by atoms with Crippen LogP contribution in [0.5, 0.6) is 0 Å². The van der Waals surface area contributed by atoms with Crippen molar-refractivity contribution in [2.75, 3.05) is 0 Å². The number of alkyl halides is 2. The molecule has 0 bridgehead atoms. The molecule has 1 aromatic rings. The van der Waals surface area contributed by atoms with Gasteiger partial charge in [-0.3, -0.25) is 4.79 Å². The van der Waals surface area contributed by atoms with Crippen molar-refractivity contribution >= 4 is 5.97 Å². The second-order valence-electron chi connectivity index (χ2n) is 5.45. The number of nitrogens with one attached hydrogen (secondary N) is 1. The van der Waals surface area contributed by atoms with Crippen LogP contribution in [0.25, 0.3) is 0 Å². The molecule has 0 aliphatic heterocycles. The van der Waals surface area contributed by atoms with E-state index in [-0.39, 0.29) is 12.6 Å². The van der Waals surface area contributed by atoms with Crippen LogP contribution in [0.1, 0.15) is 56.4 Å². The van der Waals surface area contributed by atoms with Crippen LogP contribution in [0, 0.1) is 5.92 Å². The van der Waals surface area contributed by atoms with E-state index >= 15 is 0 Å². The van der Waals surface area contributed by atoms with Crippen molar-refractivity contribution in [3.8, 4) is 0 Å². The average molecular weight is 302 g/mol. The highest BCUT2D eigenvalue weighted by Crippen LogP contribution is 2.24. The first-order valence-corrected chi connectivity index (χ1v) is 7.27. The molecular weight excluding hydrogens is 282 g/mol. The van der Waals surface area contributed by atoms with Gasteiger partial charge in [0.1, 0.15) is 0 Å². The third-order valence-electron chi connectivity index (χ3n) is 3.92. The lowest BCUT2D eigenvalue weighted by Crippen LogP contribution is -2.40. The van der Waals surface area contributed by atoms with E-state index in [9.17, 15) is 18.7 Å². The first-order valence-electron chi connectivity index (χ1n) is 7.27. The number of carbonyl (C=O) groups is 1. The summed E-state index contributed by atoms with van der Waals surface area (Å²) in [5, 5.41) is 16.0. The number of aromatic nitrogens is 1. The number of aliphatic carboxylic acids is 1. The van der Waals surface area contributed by atoms with E-state index in [0.29, 0.717) is 12.1 Å². The summed E-state index contributed by atoms with van der Waals surface area (Å²) < 4.78 is 29.3. The summed E-state index contributed by atoms with van der Waals surface area (Å²) in [5.74, 6) is -1.70. The molecule has 1 aliphatic rings. The number of hydrogen-bond donors (Lipinski definition) is 2. The summed E-state index contributed by atoms with van der Waals surface area (Å²) in [6.07, 6.45) is 2.79. The molecule has 1 saturated carbocycles. The Hall–Kier alpha value is -1.50. The number of carboxylic acid groups (broad SMARTS) is 1. The van der Waals surface area contributed by atoms with Crippen molar-refractivity contribution in [3.05, 3.63) is 17.5 Å². The molecule has 0 spiro atoms. The van der Waals surface area contributed by atoms with Gasteiger partial charge in [-0.05, 0) is 12.8 Å². The molecule has 0 radical (unpaired) electrons. The minimum absolute atomic E-state index is 0.158. The van der Waals surface area contributed by atoms with Crippen molar-refractivity contribution in [3.63, 3.8) is 0 Å². The molecule has 1 fully saturated rings. The number of halogens is 2. The number of hydrogen-bond acceptors (Lipinski definition) is 4. The van der Waals surface area contributed by atoms with Gasteiger partial charge in [-0.2, -0.15) is 0 Å². The van der Waals surface area contributed by atoms with Crippen LogP contribution in [-0.4, -0.2) is 22.3 Å². The van der Waals surface area contributed by atoms with Crippen molar-refractivity contribution in [2.24, 2.45) is 5.92 Å². The van der Waals surface area contributed by atoms with Crippen molar-refractivity contribution in [1.82, 2.24) is 10.5 Å². The van der Waals surface area contributed by atoms with Gasteiger partial charge in [0, 0.05) is 18.7 Å². The van der Waals surface area contributed by atoms with Crippen LogP contribution in [0.2, 0.25) is 0 Å². The summed E-state index contributed by atoms with van der Waals surface area (Å²) in [6, 6.07) is 1.05. The number of rotatable bonds is 5. The molecule has 0 saturated heterocycles. The summed E-state index contributed by atoms with van der Waals surface area (Å²) in [6.45, 7) is 0.241. The Morgan fingerprint density at radius 3 is 2.71 bits per heavy atom. The standard InChI is InChI=1S/C14H20F2N2O3/c15-13(16)12-7-9(18-21-12)8-17-11-6-4-2-1-3-5-10(11)14(19)20/h7,10-11,13,17H,1-6,8H2,(H,19,20)/t10-,11+/m1/s1. The van der Waals surface area contributed by atoms with E-state index in [2.05, 4.69) is 15.0 Å². The molecule has 0 unspecified atom stereocenters. The maximum Gasteiger partial charge on any atom is 0.308 e. The Bertz CT molecular complexity index is 465. The van der Waals surface area contributed by atoms with Gasteiger partial charge in [0.15, 0.2) is 0 Å². The van der Waals surface area contributed by atoms with Crippen molar-refractivity contribution < 1.29 is 23.2 Å². The molecule has 118 valence electrons. The topological polar surface area (TPSA) is 75.4 Å². The Balaban J connectivity index is 1.95. The molecule has 1 aliphatic carbocycles. The fraction of sp³-hybridized carbons (Fsp3) is 0.714. The van der Waals surface area contributed by atoms with Crippen LogP contribution in [0.3, 0.4) is 0 Å². The monoisotopic (exact) mass is 302 g/mol. The highest BCUT2D eigenvalue weighted by atomic mass is 19.3. The molecule has 0 aromatic carbocycles. The molecule has 2 atom stereocenters. The van der Waals surface area contributed by atoms with E-state index in [1.54, 1.807) is 0 Å². The van der Waals surface area contributed by atoms with E-state index in [0.717, 1.165) is 32.1 Å². The number of carboxylic acids is 1. The molecule has 2 N–H and O–H groups in total. The molecule has 1 aromatic heterocycles. The zero-order valence-electron chi connectivity index (χ0n) is 11.7. The van der Waals surface area contributed by atoms with Gasteiger partial charge in [-0.15, -0.1) is 0 Å². The summed E-state index contributed by atoms with van der Waals surface area (Å²) in [7, 11) is 0. The normalized spacial score (nSPS) is 23.8. The first-order chi connectivity index (χ1) is 10.1. The highest BCUT2D eigenvalue weighted by Gasteiger charge is 2.28. The van der Waals surface area contributed by atoms with E-state index in [1.807, 2.05) is 0 Å². The molecule has 7 heteroatoms. The third-order valence-corrected chi connectivity index (χ3v) is 3.92. The van der Waals surface area contributed by atoms with Gasteiger partial charge in [0.2, 0.25) is 5.76 Å². The van der Waals surface area contributed by atoms with Crippen LogP contribution >= 0.6 is 0 Å². The fourth-order valence-electron chi connectivity index (χ4n) is 2.77. The van der Waals surface area contributed by atoms with Crippen molar-refractivity contribution in [1.29, 1.82) is 0 Å². The molecule has 21 heavy (non-hydrogen) atoms. The van der Waals surface area contributed by atoms with Gasteiger partial charge in [0.05, 0.1) is 11.6 Å². The lowest BCUT2D eigenvalue weighted by Gasteiger charge is -2.27. The minimum atomic E-state index is -2.68. The van der Waals surface area contributed by atoms with E-state index in [4.69, 9.17) is 0 Å². The highest BCUT2D eigenvalue weighted by molar-refractivity contribution is 5.70. The molecule has 5 nitrogen and oxygen atoms in total. The third kappa shape index (κ3) is 4.49. The predicted octanol–water partition coefficient (Wildman–Crippen LogP) is 3.13. The molecular formula is C14H20F2N2O3. The minimum Gasteiger partial charge on any atom is -0.481 e. The zero-order valence-corrected chi connectivity index (χ0v) is 11.7. The predicted molar refractivity (Wildman–Crippen MR) is 70.9 cm³/mol. The van der Waals surface area contributed by atoms with E-state index < -0.39 is 24.1 Å². The van der Waals surface area contributed by atoms with Crippen molar-refractivity contribution in [2.45, 2.75) is 57.5 Å². The lowest BCUT2D eigenvalue weighted by atomic mass is 9.87. The van der Waals surface area contributed by atoms with Gasteiger partial charge in [-0.25, -0.2) is 8.78 Å². The fourth-order valence-corrected chi connectivity index (χ4v) is 2.77. The Morgan fingerprint density at radius 1 is 1.38 bits per heavy atom. The van der Waals surface area contributed by atoms with Crippen LogP contribution < -0.4 is 5.32 Å². The summed E-state index contributed by atoms with van der Waals surface area (Å²) >= 11 is 0. The second kappa shape index (κ2) is 7.49. The van der Waals surface area contributed by atoms with Gasteiger partial charge >= 0.3 is 5.97 Å². The molecule has 2 rings (SSSR count). The molecule has 0 amide bonds. The number of nitrogens with zero attached hydrogens (tertiary/aromatic N) is 1. The Kier molecular flexibility index (Phi) is 5.67. The van der Waals surface area contributed by atoms with Crippen LogP contribution in [-0.2, 0) is 11.3 Å². The van der Waals surface area contributed by atoms with Crippen LogP contribution in [0.15, 0.2) is 10.6 Å². The Labute approximate surface area is 121 Å². The Morgan fingerprint density at radius 2 is 2.10 bits per heavy atom. The quantitative estimate of drug-likeness (QED) is 0.874. The zero-order chi connectivity index (χ0) is 15.2. The SMILES string of the molecule is O=C(O)[C@@H]1CCCCCC[C@@H]1NCc1cc(C(F)F)on1. The first kappa shape index (κ1) is 15.9. The summed E-state index contributed by atoms with van der Waals surface area (Å²) in [4.78, 5) is 11.4. The largest absolute Gasteiger partial charge is 0.481 e. The smallest absolute Gasteiger partial charge is 0.308 e. The lowest BCUT2D eigenvalue weighted by molar-refractivity contribution is -0.143.